The molecule has 0 saturated carbocycles. The summed E-state index contributed by atoms with van der Waals surface area (Å²) in [4.78, 5) is 0. The Labute approximate surface area is 65.8 Å². The van der Waals surface area contributed by atoms with Gasteiger partial charge in [-0.05, 0) is 13.8 Å². The van der Waals surface area contributed by atoms with Crippen LogP contribution in [0.4, 0.5) is 0 Å². The summed E-state index contributed by atoms with van der Waals surface area (Å²) >= 11 is 0. The molecule has 1 heterocycles. The fourth-order valence-corrected chi connectivity index (χ4v) is 1.72. The van der Waals surface area contributed by atoms with Crippen LogP contribution in [0.1, 0.15) is 13.8 Å². The molecule has 1 fully saturated rings. The molecule has 0 N–H and O–H groups in total. The maximum Gasteiger partial charge on any atom is 0.401 e. The van der Waals surface area contributed by atoms with Crippen molar-refractivity contribution in [2.75, 3.05) is 0 Å². The third kappa shape index (κ3) is 1.93. The van der Waals surface area contributed by atoms with Gasteiger partial charge in [-0.25, -0.2) is 8.37 Å². The summed E-state index contributed by atoms with van der Waals surface area (Å²) < 4.78 is 30.2. The Morgan fingerprint density at radius 1 is 1.36 bits per heavy atom. The molecule has 0 aromatic heterocycles. The Morgan fingerprint density at radius 3 is 2.36 bits per heavy atom. The Balaban J connectivity index is 2.80. The van der Waals surface area contributed by atoms with Gasteiger partial charge in [0.2, 0.25) is 0 Å². The van der Waals surface area contributed by atoms with Gasteiger partial charge >= 0.3 is 10.4 Å². The van der Waals surface area contributed by atoms with Crippen LogP contribution in [-0.4, -0.2) is 20.6 Å². The first-order valence-corrected chi connectivity index (χ1v) is 4.42. The molecule has 4 nitrogen and oxygen atoms in total. The Morgan fingerprint density at radius 2 is 2.00 bits per heavy atom. The molecule has 62 valence electrons. The van der Waals surface area contributed by atoms with Gasteiger partial charge in [-0.3, -0.25) is 0 Å². The Kier molecular flexibility index (Phi) is 2.18. The van der Waals surface area contributed by atoms with E-state index in [4.69, 9.17) is 0 Å². The summed E-state index contributed by atoms with van der Waals surface area (Å²) in [7, 11) is -3.77. The topological polar surface area (TPSA) is 52.6 Å². The van der Waals surface area contributed by atoms with Crippen LogP contribution >= 0.6 is 0 Å². The van der Waals surface area contributed by atoms with Crippen molar-refractivity contribution in [3.63, 3.8) is 0 Å². The zero-order chi connectivity index (χ0) is 8.48. The molecule has 11 heavy (non-hydrogen) atoms. The van der Waals surface area contributed by atoms with E-state index in [0.717, 1.165) is 0 Å². The van der Waals surface area contributed by atoms with E-state index in [1.807, 2.05) is 0 Å². The summed E-state index contributed by atoms with van der Waals surface area (Å²) in [6.07, 6.45) is -1.16. The highest BCUT2D eigenvalue weighted by Gasteiger charge is 2.35. The lowest BCUT2D eigenvalue weighted by molar-refractivity contribution is 0.217. The maximum absolute atomic E-state index is 10.6. The van der Waals surface area contributed by atoms with Crippen molar-refractivity contribution in [1.82, 2.24) is 0 Å². The highest BCUT2D eigenvalue weighted by molar-refractivity contribution is 7.82. The quantitative estimate of drug-likeness (QED) is 0.490. The molecular formula is C6H8O4S. The smallest absolute Gasteiger partial charge is 0.241 e. The van der Waals surface area contributed by atoms with E-state index in [1.165, 1.54) is 0 Å². The average Bonchev–Trinajstić information content (AvgIpc) is 2.07. The SMILES string of the molecule is CC#CC1OS(=O)(=O)OC1C. The lowest BCUT2D eigenvalue weighted by atomic mass is 10.2. The second-order valence-electron chi connectivity index (χ2n) is 2.12. The summed E-state index contributed by atoms with van der Waals surface area (Å²) in [5.74, 6) is 5.13. The van der Waals surface area contributed by atoms with Gasteiger partial charge in [0.05, 0.1) is 0 Å². The van der Waals surface area contributed by atoms with Gasteiger partial charge in [0.15, 0.2) is 6.10 Å². The van der Waals surface area contributed by atoms with Gasteiger partial charge in [0, 0.05) is 0 Å². The van der Waals surface area contributed by atoms with Gasteiger partial charge < -0.3 is 0 Å². The fourth-order valence-electron chi connectivity index (χ4n) is 0.748. The van der Waals surface area contributed by atoms with E-state index in [0.29, 0.717) is 0 Å². The minimum atomic E-state index is -3.77. The number of rotatable bonds is 0. The van der Waals surface area contributed by atoms with Crippen molar-refractivity contribution >= 4 is 10.4 Å². The molecule has 0 aliphatic carbocycles. The van der Waals surface area contributed by atoms with Crippen LogP contribution in [0.3, 0.4) is 0 Å². The standard InChI is InChI=1S/C6H8O4S/c1-3-4-6-5(2)9-11(7,8)10-6/h5-6H,1-2H3. The molecule has 0 amide bonds. The molecule has 1 aliphatic heterocycles. The fraction of sp³-hybridized carbons (Fsp3) is 0.667. The molecule has 1 rings (SSSR count). The van der Waals surface area contributed by atoms with E-state index in [-0.39, 0.29) is 0 Å². The summed E-state index contributed by atoms with van der Waals surface area (Å²) in [5, 5.41) is 0. The predicted molar refractivity (Wildman–Crippen MR) is 37.8 cm³/mol. The first-order valence-electron chi connectivity index (χ1n) is 3.09. The molecule has 0 spiro atoms. The van der Waals surface area contributed by atoms with E-state index < -0.39 is 22.6 Å². The van der Waals surface area contributed by atoms with E-state index in [2.05, 4.69) is 20.2 Å². The molecule has 0 radical (unpaired) electrons. The molecule has 0 aromatic carbocycles. The van der Waals surface area contributed by atoms with Gasteiger partial charge in [0.25, 0.3) is 0 Å². The lowest BCUT2D eigenvalue weighted by Crippen LogP contribution is -2.16. The van der Waals surface area contributed by atoms with Gasteiger partial charge in [0.1, 0.15) is 6.10 Å². The van der Waals surface area contributed by atoms with Crippen molar-refractivity contribution in [2.24, 2.45) is 0 Å². The molecule has 1 aliphatic rings. The van der Waals surface area contributed by atoms with Gasteiger partial charge in [-0.15, -0.1) is 5.92 Å². The van der Waals surface area contributed by atoms with Crippen molar-refractivity contribution < 1.29 is 16.8 Å². The normalized spacial score (nSPS) is 34.4. The van der Waals surface area contributed by atoms with Crippen LogP contribution < -0.4 is 0 Å². The third-order valence-corrected chi connectivity index (χ3v) is 2.19. The molecule has 0 aromatic rings. The largest absolute Gasteiger partial charge is 0.401 e. The lowest BCUT2D eigenvalue weighted by Gasteiger charge is -1.98. The molecule has 2 atom stereocenters. The molecule has 1 saturated heterocycles. The summed E-state index contributed by atoms with van der Waals surface area (Å²) in [6, 6.07) is 0. The number of hydrogen-bond donors (Lipinski definition) is 0. The average molecular weight is 176 g/mol. The van der Waals surface area contributed by atoms with Gasteiger partial charge in [-0.2, -0.15) is 8.42 Å². The van der Waals surface area contributed by atoms with E-state index in [9.17, 15) is 8.42 Å². The van der Waals surface area contributed by atoms with Crippen LogP contribution in [0.15, 0.2) is 0 Å². The second kappa shape index (κ2) is 2.81. The van der Waals surface area contributed by atoms with Crippen molar-refractivity contribution in [1.29, 1.82) is 0 Å². The second-order valence-corrected chi connectivity index (χ2v) is 3.32. The summed E-state index contributed by atoms with van der Waals surface area (Å²) in [5.41, 5.74) is 0. The van der Waals surface area contributed by atoms with Crippen LogP contribution in [0.25, 0.3) is 0 Å². The minimum Gasteiger partial charge on any atom is -0.241 e. The first-order chi connectivity index (χ1) is 5.05. The van der Waals surface area contributed by atoms with Crippen molar-refractivity contribution in [3.05, 3.63) is 0 Å². The van der Waals surface area contributed by atoms with Crippen molar-refractivity contribution in [2.45, 2.75) is 26.1 Å². The maximum atomic E-state index is 10.6. The molecular weight excluding hydrogens is 168 g/mol. The Hall–Kier alpha value is -0.570. The zero-order valence-electron chi connectivity index (χ0n) is 6.20. The first kappa shape index (κ1) is 8.53. The van der Waals surface area contributed by atoms with E-state index >= 15 is 0 Å². The van der Waals surface area contributed by atoms with Gasteiger partial charge in [-0.1, -0.05) is 5.92 Å². The highest BCUT2D eigenvalue weighted by Crippen LogP contribution is 2.18. The van der Waals surface area contributed by atoms with Crippen molar-refractivity contribution in [3.8, 4) is 11.8 Å². The highest BCUT2D eigenvalue weighted by atomic mass is 32.3. The van der Waals surface area contributed by atoms with E-state index in [1.54, 1.807) is 13.8 Å². The molecule has 0 bridgehead atoms. The van der Waals surface area contributed by atoms with Crippen LogP contribution in [0.5, 0.6) is 0 Å². The Bertz CT molecular complexity index is 294. The number of hydrogen-bond acceptors (Lipinski definition) is 4. The predicted octanol–water partition coefficient (Wildman–Crippen LogP) is 0.0584. The molecule has 5 heteroatoms. The monoisotopic (exact) mass is 176 g/mol. The third-order valence-electron chi connectivity index (χ3n) is 1.20. The molecule has 2 unspecified atom stereocenters. The minimum absolute atomic E-state index is 0.507. The van der Waals surface area contributed by atoms with Crippen LogP contribution in [-0.2, 0) is 18.8 Å². The summed E-state index contributed by atoms with van der Waals surface area (Å²) in [6.45, 7) is 3.21. The van der Waals surface area contributed by atoms with Crippen LogP contribution in [0, 0.1) is 11.8 Å². The zero-order valence-corrected chi connectivity index (χ0v) is 7.01. The van der Waals surface area contributed by atoms with Crippen LogP contribution in [0.2, 0.25) is 0 Å².